The maximum absolute atomic E-state index is 14.1. The molecule has 10 heteroatoms. The highest BCUT2D eigenvalue weighted by Gasteiger charge is 2.30. The summed E-state index contributed by atoms with van der Waals surface area (Å²) in [7, 11) is 0. The Morgan fingerprint density at radius 3 is 2.88 bits per heavy atom. The first-order valence-corrected chi connectivity index (χ1v) is 7.39. The van der Waals surface area contributed by atoms with E-state index in [1.165, 1.54) is 22.9 Å². The second kappa shape index (κ2) is 6.60. The molecule has 1 heterocycles. The number of aliphatic carboxylic acids is 1. The summed E-state index contributed by atoms with van der Waals surface area (Å²) >= 11 is 0. The number of amides is 2. The molecule has 0 atom stereocenters. The number of benzene rings is 1. The zero-order chi connectivity index (χ0) is 17.1. The number of rotatable bonds is 6. The molecule has 3 rings (SSSR count). The van der Waals surface area contributed by atoms with Gasteiger partial charge in [0.2, 0.25) is 0 Å². The number of hydrogen-bond donors (Lipinski definition) is 3. The van der Waals surface area contributed by atoms with Gasteiger partial charge in [-0.3, -0.25) is 4.79 Å². The summed E-state index contributed by atoms with van der Waals surface area (Å²) in [6, 6.07) is 3.46. The molecule has 3 N–H and O–H groups in total. The average Bonchev–Trinajstić information content (AvgIpc) is 3.26. The normalized spacial score (nSPS) is 13.5. The summed E-state index contributed by atoms with van der Waals surface area (Å²) in [5.41, 5.74) is 0.488. The van der Waals surface area contributed by atoms with Crippen LogP contribution in [0.4, 0.5) is 14.9 Å². The van der Waals surface area contributed by atoms with Crippen LogP contribution in [0.15, 0.2) is 18.2 Å². The van der Waals surface area contributed by atoms with Crippen molar-refractivity contribution < 1.29 is 19.1 Å². The van der Waals surface area contributed by atoms with E-state index in [2.05, 4.69) is 26.2 Å². The molecule has 1 saturated carbocycles. The lowest BCUT2D eigenvalue weighted by molar-refractivity contribution is -0.136. The predicted octanol–water partition coefficient (Wildman–Crippen LogP) is 1.27. The van der Waals surface area contributed by atoms with Gasteiger partial charge in [0, 0.05) is 18.2 Å². The maximum Gasteiger partial charge on any atom is 0.319 e. The van der Waals surface area contributed by atoms with E-state index < -0.39 is 17.8 Å². The number of tetrazole rings is 1. The Morgan fingerprint density at radius 1 is 1.38 bits per heavy atom. The van der Waals surface area contributed by atoms with Crippen LogP contribution in [0.1, 0.15) is 31.0 Å². The monoisotopic (exact) mass is 334 g/mol. The number of anilines is 1. The number of nitrogens with one attached hydrogen (secondary N) is 2. The van der Waals surface area contributed by atoms with E-state index in [0.29, 0.717) is 11.5 Å². The molecule has 0 spiro atoms. The van der Waals surface area contributed by atoms with E-state index in [-0.39, 0.29) is 24.6 Å². The van der Waals surface area contributed by atoms with E-state index in [1.54, 1.807) is 0 Å². The molecule has 2 amide bonds. The van der Waals surface area contributed by atoms with Gasteiger partial charge in [0.05, 0.1) is 6.42 Å². The van der Waals surface area contributed by atoms with Gasteiger partial charge in [-0.2, -0.15) is 4.68 Å². The Bertz CT molecular complexity index is 774. The lowest BCUT2D eigenvalue weighted by Gasteiger charge is -2.10. The summed E-state index contributed by atoms with van der Waals surface area (Å²) < 4.78 is 15.4. The van der Waals surface area contributed by atoms with Gasteiger partial charge in [-0.25, -0.2) is 9.18 Å². The van der Waals surface area contributed by atoms with E-state index >= 15 is 0 Å². The molecule has 1 fully saturated rings. The van der Waals surface area contributed by atoms with Crippen molar-refractivity contribution in [2.75, 3.05) is 11.9 Å². The summed E-state index contributed by atoms with van der Waals surface area (Å²) in [6.45, 7) is -0.00591. The fourth-order valence-electron chi connectivity index (χ4n) is 2.17. The minimum Gasteiger partial charge on any atom is -0.481 e. The van der Waals surface area contributed by atoms with Crippen LogP contribution in [0.2, 0.25) is 0 Å². The minimum atomic E-state index is -1.01. The van der Waals surface area contributed by atoms with E-state index in [4.69, 9.17) is 5.11 Å². The first-order valence-electron chi connectivity index (χ1n) is 7.39. The highest BCUT2D eigenvalue weighted by molar-refractivity contribution is 5.89. The fraction of sp³-hybridized carbons (Fsp3) is 0.357. The maximum atomic E-state index is 14.1. The molecule has 9 nitrogen and oxygen atoms in total. The number of halogens is 1. The molecule has 0 radical (unpaired) electrons. The number of carbonyl (C=O) groups is 2. The Balaban J connectivity index is 1.73. The van der Waals surface area contributed by atoms with E-state index in [0.717, 1.165) is 12.8 Å². The number of hydrogen-bond acceptors (Lipinski definition) is 5. The third-order valence-corrected chi connectivity index (χ3v) is 3.49. The van der Waals surface area contributed by atoms with Crippen LogP contribution in [0.25, 0.3) is 5.69 Å². The standard InChI is InChI=1S/C14H15FN6O3/c15-10-4-3-9(17-14(24)16-6-5-12(22)23)7-11(10)21-13(8-1-2-8)18-19-20-21/h3-4,7-8H,1-2,5-6H2,(H,22,23)(H2,16,17,24). The first-order chi connectivity index (χ1) is 11.5. The molecule has 24 heavy (non-hydrogen) atoms. The lowest BCUT2D eigenvalue weighted by atomic mass is 10.2. The van der Waals surface area contributed by atoms with Crippen LogP contribution in [-0.2, 0) is 4.79 Å². The van der Waals surface area contributed by atoms with E-state index in [9.17, 15) is 14.0 Å². The molecule has 1 aliphatic carbocycles. The second-order valence-electron chi connectivity index (χ2n) is 5.41. The van der Waals surface area contributed by atoms with Gasteiger partial charge in [-0.05, 0) is 41.5 Å². The number of carbonyl (C=O) groups excluding carboxylic acids is 1. The summed E-state index contributed by atoms with van der Waals surface area (Å²) in [5.74, 6) is -0.695. The molecule has 1 aromatic carbocycles. The Labute approximate surface area is 135 Å². The van der Waals surface area contributed by atoms with Crippen LogP contribution in [0.3, 0.4) is 0 Å². The number of aromatic nitrogens is 4. The molecular formula is C14H15FN6O3. The average molecular weight is 334 g/mol. The molecule has 126 valence electrons. The molecule has 0 saturated heterocycles. The van der Waals surface area contributed by atoms with Crippen molar-refractivity contribution in [3.63, 3.8) is 0 Å². The molecule has 0 bridgehead atoms. The third-order valence-electron chi connectivity index (χ3n) is 3.49. The van der Waals surface area contributed by atoms with Gasteiger partial charge in [0.1, 0.15) is 11.5 Å². The van der Waals surface area contributed by atoms with Crippen LogP contribution < -0.4 is 10.6 Å². The number of carboxylic acid groups (broad SMARTS) is 1. The Kier molecular flexibility index (Phi) is 4.36. The zero-order valence-corrected chi connectivity index (χ0v) is 12.6. The molecule has 2 aromatic rings. The van der Waals surface area contributed by atoms with Gasteiger partial charge in [0.25, 0.3) is 0 Å². The van der Waals surface area contributed by atoms with Gasteiger partial charge >= 0.3 is 12.0 Å². The Hall–Kier alpha value is -3.04. The van der Waals surface area contributed by atoms with Gasteiger partial charge in [0.15, 0.2) is 5.82 Å². The molecule has 0 aliphatic heterocycles. The van der Waals surface area contributed by atoms with Crippen molar-refractivity contribution in [3.05, 3.63) is 29.8 Å². The fourth-order valence-corrected chi connectivity index (χ4v) is 2.17. The van der Waals surface area contributed by atoms with Crippen LogP contribution >= 0.6 is 0 Å². The number of urea groups is 1. The van der Waals surface area contributed by atoms with Crippen molar-refractivity contribution in [1.29, 1.82) is 0 Å². The predicted molar refractivity (Wildman–Crippen MR) is 80.4 cm³/mol. The van der Waals surface area contributed by atoms with Crippen molar-refractivity contribution in [3.8, 4) is 5.69 Å². The third kappa shape index (κ3) is 3.65. The smallest absolute Gasteiger partial charge is 0.319 e. The van der Waals surface area contributed by atoms with Crippen molar-refractivity contribution >= 4 is 17.7 Å². The van der Waals surface area contributed by atoms with Crippen LogP contribution in [-0.4, -0.2) is 43.9 Å². The van der Waals surface area contributed by atoms with E-state index in [1.807, 2.05) is 0 Å². The minimum absolute atomic E-state index is 0.00591. The zero-order valence-electron chi connectivity index (χ0n) is 12.6. The van der Waals surface area contributed by atoms with Crippen molar-refractivity contribution in [2.45, 2.75) is 25.2 Å². The van der Waals surface area contributed by atoms with Crippen molar-refractivity contribution in [1.82, 2.24) is 25.5 Å². The summed E-state index contributed by atoms with van der Waals surface area (Å²) in [5, 5.41) is 24.8. The largest absolute Gasteiger partial charge is 0.481 e. The molecule has 1 aliphatic rings. The molecule has 0 unspecified atom stereocenters. The first kappa shape index (κ1) is 15.8. The van der Waals surface area contributed by atoms with Crippen molar-refractivity contribution in [2.24, 2.45) is 0 Å². The molecule has 1 aromatic heterocycles. The van der Waals surface area contributed by atoms with Gasteiger partial charge in [-0.1, -0.05) is 0 Å². The highest BCUT2D eigenvalue weighted by atomic mass is 19.1. The Morgan fingerprint density at radius 2 is 2.17 bits per heavy atom. The second-order valence-corrected chi connectivity index (χ2v) is 5.41. The summed E-state index contributed by atoms with van der Waals surface area (Å²) in [6.07, 6.45) is 1.75. The lowest BCUT2D eigenvalue weighted by Crippen LogP contribution is -2.30. The van der Waals surface area contributed by atoms with Gasteiger partial charge in [-0.15, -0.1) is 5.10 Å². The van der Waals surface area contributed by atoms with Gasteiger partial charge < -0.3 is 15.7 Å². The SMILES string of the molecule is O=C(O)CCNC(=O)Nc1ccc(F)c(-n2nnnc2C2CC2)c1. The van der Waals surface area contributed by atoms with Crippen LogP contribution in [0.5, 0.6) is 0 Å². The number of carboxylic acids is 1. The number of nitrogens with zero attached hydrogens (tertiary/aromatic N) is 4. The van der Waals surface area contributed by atoms with Crippen LogP contribution in [0, 0.1) is 5.82 Å². The topological polar surface area (TPSA) is 122 Å². The highest BCUT2D eigenvalue weighted by Crippen LogP contribution is 2.39. The molecular weight excluding hydrogens is 319 g/mol. The summed E-state index contributed by atoms with van der Waals surface area (Å²) in [4.78, 5) is 22.1. The quantitative estimate of drug-likeness (QED) is 0.731.